The molecule has 3 heteroatoms. The molecular formula is C14H19NO2. The molecule has 1 amide bonds. The van der Waals surface area contributed by atoms with Crippen molar-refractivity contribution in [1.82, 2.24) is 0 Å². The average molecular weight is 233 g/mol. The number of carbonyl (C=O) groups is 1. The van der Waals surface area contributed by atoms with Gasteiger partial charge in [-0.15, -0.1) is 0 Å². The predicted molar refractivity (Wildman–Crippen MR) is 68.6 cm³/mol. The standard InChI is InChI=1S/C14H19NO2/c1-3-14(16)15-9-5-6-11-10-12(17-4-2)7-8-13(11)15/h7-8,10H,3-6,9H2,1-2H3. The van der Waals surface area contributed by atoms with E-state index in [0.717, 1.165) is 30.8 Å². The SMILES string of the molecule is CCOc1ccc2c(c1)CCCN2C(=O)CC. The molecule has 0 bridgehead atoms. The molecule has 1 heterocycles. The van der Waals surface area contributed by atoms with Gasteiger partial charge >= 0.3 is 0 Å². The summed E-state index contributed by atoms with van der Waals surface area (Å²) >= 11 is 0. The van der Waals surface area contributed by atoms with Gasteiger partial charge in [0.15, 0.2) is 0 Å². The lowest BCUT2D eigenvalue weighted by atomic mass is 10.0. The zero-order valence-electron chi connectivity index (χ0n) is 10.5. The lowest BCUT2D eigenvalue weighted by molar-refractivity contribution is -0.118. The van der Waals surface area contributed by atoms with E-state index in [4.69, 9.17) is 4.74 Å². The Morgan fingerprint density at radius 2 is 2.24 bits per heavy atom. The highest BCUT2D eigenvalue weighted by atomic mass is 16.5. The van der Waals surface area contributed by atoms with Gasteiger partial charge in [0.05, 0.1) is 6.61 Å². The van der Waals surface area contributed by atoms with Crippen molar-refractivity contribution >= 4 is 11.6 Å². The lowest BCUT2D eigenvalue weighted by Gasteiger charge is -2.29. The van der Waals surface area contributed by atoms with Crippen molar-refractivity contribution in [3.8, 4) is 5.75 Å². The normalized spacial score (nSPS) is 14.4. The number of fused-ring (bicyclic) bond motifs is 1. The van der Waals surface area contributed by atoms with E-state index in [1.54, 1.807) is 0 Å². The minimum atomic E-state index is 0.204. The zero-order valence-corrected chi connectivity index (χ0v) is 10.5. The molecule has 0 unspecified atom stereocenters. The Morgan fingerprint density at radius 1 is 1.41 bits per heavy atom. The van der Waals surface area contributed by atoms with Crippen molar-refractivity contribution in [2.75, 3.05) is 18.1 Å². The van der Waals surface area contributed by atoms with Crippen LogP contribution in [0.25, 0.3) is 0 Å². The fourth-order valence-corrected chi connectivity index (χ4v) is 2.28. The number of hydrogen-bond donors (Lipinski definition) is 0. The lowest BCUT2D eigenvalue weighted by Crippen LogP contribution is -2.34. The molecular weight excluding hydrogens is 214 g/mol. The third kappa shape index (κ3) is 2.43. The third-order valence-corrected chi connectivity index (χ3v) is 3.08. The molecule has 0 aliphatic carbocycles. The molecule has 17 heavy (non-hydrogen) atoms. The molecule has 1 aliphatic rings. The maximum atomic E-state index is 11.8. The monoisotopic (exact) mass is 233 g/mol. The minimum absolute atomic E-state index is 0.204. The highest BCUT2D eigenvalue weighted by Gasteiger charge is 2.21. The topological polar surface area (TPSA) is 29.5 Å². The van der Waals surface area contributed by atoms with Crippen LogP contribution in [-0.4, -0.2) is 19.1 Å². The van der Waals surface area contributed by atoms with Crippen LogP contribution in [0.2, 0.25) is 0 Å². The van der Waals surface area contributed by atoms with Crippen molar-refractivity contribution < 1.29 is 9.53 Å². The molecule has 3 nitrogen and oxygen atoms in total. The number of amides is 1. The largest absolute Gasteiger partial charge is 0.494 e. The van der Waals surface area contributed by atoms with Gasteiger partial charge in [0, 0.05) is 18.7 Å². The highest BCUT2D eigenvalue weighted by Crippen LogP contribution is 2.30. The van der Waals surface area contributed by atoms with Crippen LogP contribution < -0.4 is 9.64 Å². The second-order valence-electron chi connectivity index (χ2n) is 4.23. The van der Waals surface area contributed by atoms with Gasteiger partial charge in [-0.2, -0.15) is 0 Å². The van der Waals surface area contributed by atoms with E-state index in [9.17, 15) is 4.79 Å². The summed E-state index contributed by atoms with van der Waals surface area (Å²) in [5, 5.41) is 0. The van der Waals surface area contributed by atoms with Crippen molar-refractivity contribution in [3.63, 3.8) is 0 Å². The first-order valence-electron chi connectivity index (χ1n) is 6.32. The number of carbonyl (C=O) groups excluding carboxylic acids is 1. The van der Waals surface area contributed by atoms with Gasteiger partial charge in [0.25, 0.3) is 0 Å². The highest BCUT2D eigenvalue weighted by molar-refractivity contribution is 5.94. The predicted octanol–water partition coefficient (Wildman–Crippen LogP) is 2.77. The van der Waals surface area contributed by atoms with E-state index in [0.29, 0.717) is 13.0 Å². The van der Waals surface area contributed by atoms with E-state index in [2.05, 4.69) is 6.07 Å². The molecule has 0 aromatic heterocycles. The van der Waals surface area contributed by atoms with E-state index in [-0.39, 0.29) is 5.91 Å². The minimum Gasteiger partial charge on any atom is -0.494 e. The number of benzene rings is 1. The number of rotatable bonds is 3. The molecule has 0 spiro atoms. The molecule has 0 saturated heterocycles. The Labute approximate surface area is 102 Å². The van der Waals surface area contributed by atoms with Crippen LogP contribution >= 0.6 is 0 Å². The Kier molecular flexibility index (Phi) is 3.67. The van der Waals surface area contributed by atoms with E-state index < -0.39 is 0 Å². The van der Waals surface area contributed by atoms with Gasteiger partial charge in [0.2, 0.25) is 5.91 Å². The van der Waals surface area contributed by atoms with Crippen molar-refractivity contribution in [2.24, 2.45) is 0 Å². The van der Waals surface area contributed by atoms with Crippen molar-refractivity contribution in [3.05, 3.63) is 23.8 Å². The Balaban J connectivity index is 2.30. The number of ether oxygens (including phenoxy) is 1. The molecule has 0 atom stereocenters. The number of anilines is 1. The van der Waals surface area contributed by atoms with Crippen LogP contribution in [0.1, 0.15) is 32.3 Å². The smallest absolute Gasteiger partial charge is 0.226 e. The summed E-state index contributed by atoms with van der Waals surface area (Å²) in [7, 11) is 0. The average Bonchev–Trinajstić information content (AvgIpc) is 2.37. The van der Waals surface area contributed by atoms with Gasteiger partial charge in [-0.25, -0.2) is 0 Å². The van der Waals surface area contributed by atoms with Gasteiger partial charge in [-0.05, 0) is 43.5 Å². The number of nitrogens with zero attached hydrogens (tertiary/aromatic N) is 1. The molecule has 0 fully saturated rings. The number of aryl methyl sites for hydroxylation is 1. The molecule has 2 rings (SSSR count). The summed E-state index contributed by atoms with van der Waals surface area (Å²) in [6.07, 6.45) is 2.63. The van der Waals surface area contributed by atoms with Crippen molar-refractivity contribution in [1.29, 1.82) is 0 Å². The van der Waals surface area contributed by atoms with Crippen LogP contribution in [0, 0.1) is 0 Å². The van der Waals surface area contributed by atoms with Crippen molar-refractivity contribution in [2.45, 2.75) is 33.1 Å². The first kappa shape index (κ1) is 12.0. The summed E-state index contributed by atoms with van der Waals surface area (Å²) in [5.41, 5.74) is 2.29. The van der Waals surface area contributed by atoms with Gasteiger partial charge in [0.1, 0.15) is 5.75 Å². The summed E-state index contributed by atoms with van der Waals surface area (Å²) in [5.74, 6) is 1.10. The molecule has 0 radical (unpaired) electrons. The first-order valence-corrected chi connectivity index (χ1v) is 6.32. The molecule has 0 saturated carbocycles. The van der Waals surface area contributed by atoms with Crippen LogP contribution in [0.4, 0.5) is 5.69 Å². The van der Waals surface area contributed by atoms with E-state index in [1.165, 1.54) is 5.56 Å². The molecule has 0 N–H and O–H groups in total. The van der Waals surface area contributed by atoms with Gasteiger partial charge in [-0.1, -0.05) is 6.92 Å². The van der Waals surface area contributed by atoms with Gasteiger partial charge in [-0.3, -0.25) is 4.79 Å². The second-order valence-corrected chi connectivity index (χ2v) is 4.23. The van der Waals surface area contributed by atoms with Crippen LogP contribution in [-0.2, 0) is 11.2 Å². The van der Waals surface area contributed by atoms with E-state index >= 15 is 0 Å². The summed E-state index contributed by atoms with van der Waals surface area (Å²) in [6, 6.07) is 6.02. The summed E-state index contributed by atoms with van der Waals surface area (Å²) < 4.78 is 5.49. The quantitative estimate of drug-likeness (QED) is 0.803. The summed E-state index contributed by atoms with van der Waals surface area (Å²) in [6.45, 7) is 5.40. The fraction of sp³-hybridized carbons (Fsp3) is 0.500. The Morgan fingerprint density at radius 3 is 2.94 bits per heavy atom. The number of hydrogen-bond acceptors (Lipinski definition) is 2. The van der Waals surface area contributed by atoms with Crippen LogP contribution in [0.3, 0.4) is 0 Å². The third-order valence-electron chi connectivity index (χ3n) is 3.08. The van der Waals surface area contributed by atoms with E-state index in [1.807, 2.05) is 30.9 Å². The summed E-state index contributed by atoms with van der Waals surface area (Å²) in [4.78, 5) is 13.7. The second kappa shape index (κ2) is 5.21. The van der Waals surface area contributed by atoms with Gasteiger partial charge < -0.3 is 9.64 Å². The maximum absolute atomic E-state index is 11.8. The Bertz CT molecular complexity index is 415. The fourth-order valence-electron chi connectivity index (χ4n) is 2.28. The first-order chi connectivity index (χ1) is 8.26. The molecule has 1 aliphatic heterocycles. The van der Waals surface area contributed by atoms with Crippen LogP contribution in [0.15, 0.2) is 18.2 Å². The maximum Gasteiger partial charge on any atom is 0.226 e. The molecule has 1 aromatic carbocycles. The van der Waals surface area contributed by atoms with Crippen LogP contribution in [0.5, 0.6) is 5.75 Å². The zero-order chi connectivity index (χ0) is 12.3. The molecule has 92 valence electrons. The Hall–Kier alpha value is -1.51. The molecule has 1 aromatic rings.